The quantitative estimate of drug-likeness (QED) is 0.305. The summed E-state index contributed by atoms with van der Waals surface area (Å²) < 4.78 is 12.4. The lowest BCUT2D eigenvalue weighted by Gasteiger charge is -2.30. The summed E-state index contributed by atoms with van der Waals surface area (Å²) in [6.07, 6.45) is 7.68. The van der Waals surface area contributed by atoms with Crippen LogP contribution in [0.5, 0.6) is 5.75 Å². The van der Waals surface area contributed by atoms with Crippen molar-refractivity contribution < 1.29 is 9.47 Å². The van der Waals surface area contributed by atoms with E-state index in [1.807, 2.05) is 6.92 Å². The molecule has 3 heteroatoms. The molecule has 2 aliphatic carbocycles. The molecule has 1 aromatic rings. The van der Waals surface area contributed by atoms with Gasteiger partial charge in [-0.25, -0.2) is 0 Å². The summed E-state index contributed by atoms with van der Waals surface area (Å²) in [5.74, 6) is 2.27. The number of halogens is 1. The Morgan fingerprint density at radius 1 is 1.17 bits per heavy atom. The predicted octanol–water partition coefficient (Wildman–Crippen LogP) is 6.25. The monoisotopic (exact) mass is 442 g/mol. The van der Waals surface area contributed by atoms with Crippen molar-refractivity contribution in [3.63, 3.8) is 0 Å². The summed E-state index contributed by atoms with van der Waals surface area (Å²) in [4.78, 5) is 0. The van der Waals surface area contributed by atoms with Gasteiger partial charge in [-0.05, 0) is 55.4 Å². The van der Waals surface area contributed by atoms with E-state index >= 15 is 0 Å². The third kappa shape index (κ3) is 4.27. The summed E-state index contributed by atoms with van der Waals surface area (Å²) in [5.41, 5.74) is 2.97. The standard InChI is InChI=1S/C21H31IO2/c1-14-12-16-13-18(10-11-19(16)20(14)21(3,4)22)24-15(2)23-17-8-6-5-7-9-17/h10-11,13-15,17,20H,5-9,12H2,1-4H3. The highest BCUT2D eigenvalue weighted by Crippen LogP contribution is 2.48. The van der Waals surface area contributed by atoms with Gasteiger partial charge in [0, 0.05) is 9.34 Å². The van der Waals surface area contributed by atoms with Gasteiger partial charge < -0.3 is 9.47 Å². The van der Waals surface area contributed by atoms with Crippen LogP contribution in [0.4, 0.5) is 0 Å². The van der Waals surface area contributed by atoms with E-state index in [-0.39, 0.29) is 9.71 Å². The highest BCUT2D eigenvalue weighted by atomic mass is 127. The van der Waals surface area contributed by atoms with Crippen LogP contribution in [0.15, 0.2) is 18.2 Å². The first-order chi connectivity index (χ1) is 11.3. The second-order valence-corrected chi connectivity index (χ2v) is 10.9. The maximum atomic E-state index is 6.09. The molecule has 0 saturated heterocycles. The van der Waals surface area contributed by atoms with Crippen LogP contribution < -0.4 is 4.74 Å². The highest BCUT2D eigenvalue weighted by molar-refractivity contribution is 14.1. The van der Waals surface area contributed by atoms with Crippen LogP contribution in [0.3, 0.4) is 0 Å². The van der Waals surface area contributed by atoms with Gasteiger partial charge in [0.05, 0.1) is 6.10 Å². The number of fused-ring (bicyclic) bond motifs is 1. The zero-order chi connectivity index (χ0) is 17.3. The second-order valence-electron chi connectivity index (χ2n) is 8.17. The van der Waals surface area contributed by atoms with Crippen LogP contribution in [0, 0.1) is 5.92 Å². The molecule has 1 fully saturated rings. The first-order valence-electron chi connectivity index (χ1n) is 9.48. The van der Waals surface area contributed by atoms with Crippen LogP contribution in [-0.2, 0) is 11.2 Å². The van der Waals surface area contributed by atoms with Gasteiger partial charge in [0.15, 0.2) is 6.29 Å². The van der Waals surface area contributed by atoms with Crippen LogP contribution in [0.1, 0.15) is 76.8 Å². The molecule has 0 radical (unpaired) electrons. The molecule has 1 saturated carbocycles. The molecular formula is C21H31IO2. The summed E-state index contributed by atoms with van der Waals surface area (Å²) in [6, 6.07) is 6.66. The number of hydrogen-bond acceptors (Lipinski definition) is 2. The molecule has 2 nitrogen and oxygen atoms in total. The van der Waals surface area contributed by atoms with Crippen molar-refractivity contribution in [1.82, 2.24) is 0 Å². The van der Waals surface area contributed by atoms with Crippen molar-refractivity contribution in [2.75, 3.05) is 0 Å². The summed E-state index contributed by atoms with van der Waals surface area (Å²) in [5, 5.41) is 0. The van der Waals surface area contributed by atoms with Crippen LogP contribution in [0.2, 0.25) is 0 Å². The average molecular weight is 442 g/mol. The molecule has 0 aromatic heterocycles. The second kappa shape index (κ2) is 7.53. The minimum Gasteiger partial charge on any atom is -0.465 e. The molecule has 0 amide bonds. The highest BCUT2D eigenvalue weighted by Gasteiger charge is 2.38. The lowest BCUT2D eigenvalue weighted by molar-refractivity contribution is -0.116. The minimum atomic E-state index is -0.165. The van der Waals surface area contributed by atoms with Crippen molar-refractivity contribution >= 4 is 22.6 Å². The lowest BCUT2D eigenvalue weighted by Crippen LogP contribution is -2.26. The summed E-state index contributed by atoms with van der Waals surface area (Å²) in [6.45, 7) is 9.09. The Labute approximate surface area is 160 Å². The Hall–Kier alpha value is -0.290. The van der Waals surface area contributed by atoms with Crippen LogP contribution in [-0.4, -0.2) is 15.8 Å². The van der Waals surface area contributed by atoms with Crippen molar-refractivity contribution in [2.24, 2.45) is 5.92 Å². The van der Waals surface area contributed by atoms with Gasteiger partial charge in [0.2, 0.25) is 0 Å². The molecule has 0 heterocycles. The fraction of sp³-hybridized carbons (Fsp3) is 0.714. The predicted molar refractivity (Wildman–Crippen MR) is 108 cm³/mol. The van der Waals surface area contributed by atoms with E-state index in [2.05, 4.69) is 61.6 Å². The number of hydrogen-bond donors (Lipinski definition) is 0. The first kappa shape index (κ1) is 18.5. The number of ether oxygens (including phenoxy) is 2. The molecule has 3 unspecified atom stereocenters. The fourth-order valence-corrected chi connectivity index (χ4v) is 5.59. The molecule has 2 aliphatic rings. The molecule has 3 rings (SSSR count). The molecule has 1 aromatic carbocycles. The van der Waals surface area contributed by atoms with E-state index in [0.29, 0.717) is 17.9 Å². The Morgan fingerprint density at radius 3 is 2.54 bits per heavy atom. The van der Waals surface area contributed by atoms with Crippen molar-refractivity contribution in [3.05, 3.63) is 29.3 Å². The zero-order valence-corrected chi connectivity index (χ0v) is 17.6. The molecule has 24 heavy (non-hydrogen) atoms. The van der Waals surface area contributed by atoms with E-state index in [4.69, 9.17) is 9.47 Å². The molecular weight excluding hydrogens is 411 g/mol. The third-order valence-corrected chi connectivity index (χ3v) is 6.21. The average Bonchev–Trinajstić information content (AvgIpc) is 2.83. The SMILES string of the molecule is CC(Oc1ccc2c(c1)CC(C)C2C(C)(C)I)OC1CCCCC1. The summed E-state index contributed by atoms with van der Waals surface area (Å²) in [7, 11) is 0. The maximum Gasteiger partial charge on any atom is 0.197 e. The van der Waals surface area contributed by atoms with E-state index in [0.717, 1.165) is 12.2 Å². The number of rotatable bonds is 5. The van der Waals surface area contributed by atoms with Crippen molar-refractivity contribution in [2.45, 2.75) is 88.0 Å². The zero-order valence-electron chi connectivity index (χ0n) is 15.5. The summed E-state index contributed by atoms with van der Waals surface area (Å²) >= 11 is 2.60. The third-order valence-electron chi connectivity index (χ3n) is 5.54. The van der Waals surface area contributed by atoms with Gasteiger partial charge in [0.25, 0.3) is 0 Å². The van der Waals surface area contributed by atoms with E-state index in [1.165, 1.54) is 43.2 Å². The maximum absolute atomic E-state index is 6.09. The smallest absolute Gasteiger partial charge is 0.197 e. The fourth-order valence-electron chi connectivity index (χ4n) is 4.64. The Morgan fingerprint density at radius 2 is 1.88 bits per heavy atom. The lowest BCUT2D eigenvalue weighted by atomic mass is 9.84. The number of alkyl halides is 1. The Kier molecular flexibility index (Phi) is 5.80. The van der Waals surface area contributed by atoms with Crippen molar-refractivity contribution in [3.8, 4) is 5.75 Å². The largest absolute Gasteiger partial charge is 0.465 e. The van der Waals surface area contributed by atoms with E-state index < -0.39 is 0 Å². The Bertz CT molecular complexity index is 557. The topological polar surface area (TPSA) is 18.5 Å². The van der Waals surface area contributed by atoms with E-state index in [9.17, 15) is 0 Å². The van der Waals surface area contributed by atoms with Gasteiger partial charge >= 0.3 is 0 Å². The van der Waals surface area contributed by atoms with E-state index in [1.54, 1.807) is 0 Å². The molecule has 0 N–H and O–H groups in total. The molecule has 134 valence electrons. The molecule has 0 bridgehead atoms. The minimum absolute atomic E-state index is 0.165. The van der Waals surface area contributed by atoms with Gasteiger partial charge in [-0.1, -0.05) is 68.7 Å². The van der Waals surface area contributed by atoms with Crippen molar-refractivity contribution in [1.29, 1.82) is 0 Å². The van der Waals surface area contributed by atoms with Gasteiger partial charge in [0.1, 0.15) is 5.75 Å². The number of benzene rings is 1. The van der Waals surface area contributed by atoms with Crippen LogP contribution >= 0.6 is 22.6 Å². The van der Waals surface area contributed by atoms with Crippen LogP contribution in [0.25, 0.3) is 0 Å². The molecule has 0 spiro atoms. The molecule has 0 aliphatic heterocycles. The normalized spacial score (nSPS) is 26.2. The first-order valence-corrected chi connectivity index (χ1v) is 10.6. The van der Waals surface area contributed by atoms with Gasteiger partial charge in [-0.15, -0.1) is 0 Å². The van der Waals surface area contributed by atoms with Gasteiger partial charge in [-0.3, -0.25) is 0 Å². The molecule has 3 atom stereocenters. The van der Waals surface area contributed by atoms with Gasteiger partial charge in [-0.2, -0.15) is 0 Å². The Balaban J connectivity index is 1.65.